The summed E-state index contributed by atoms with van der Waals surface area (Å²) in [6.45, 7) is 2.44. The van der Waals surface area contributed by atoms with Crippen LogP contribution in [-0.4, -0.2) is 12.7 Å². The van der Waals surface area contributed by atoms with Gasteiger partial charge in [0.25, 0.3) is 5.91 Å². The molecule has 26 heavy (non-hydrogen) atoms. The molecule has 3 aliphatic rings. The van der Waals surface area contributed by atoms with Gasteiger partial charge in [0.1, 0.15) is 11.2 Å². The van der Waals surface area contributed by atoms with Crippen LogP contribution in [0.25, 0.3) is 0 Å². The zero-order valence-corrected chi connectivity index (χ0v) is 15.9. The van der Waals surface area contributed by atoms with Gasteiger partial charge in [0.05, 0.1) is 10.6 Å². The lowest BCUT2D eigenvalue weighted by Gasteiger charge is -2.28. The van der Waals surface area contributed by atoms with Gasteiger partial charge in [-0.3, -0.25) is 4.79 Å². The van der Waals surface area contributed by atoms with Crippen LogP contribution in [0.5, 0.6) is 11.5 Å². The summed E-state index contributed by atoms with van der Waals surface area (Å²) >= 11 is 8.15. The van der Waals surface area contributed by atoms with Crippen LogP contribution < -0.4 is 20.1 Å². The molecule has 2 aromatic rings. The molecule has 1 aliphatic carbocycles. The third-order valence-corrected chi connectivity index (χ3v) is 7.04. The van der Waals surface area contributed by atoms with E-state index >= 15 is 0 Å². The van der Waals surface area contributed by atoms with Crippen LogP contribution in [0.4, 0.5) is 5.00 Å². The average molecular weight is 391 g/mol. The van der Waals surface area contributed by atoms with E-state index in [0.29, 0.717) is 16.5 Å². The minimum Gasteiger partial charge on any atom is -0.454 e. The van der Waals surface area contributed by atoms with Gasteiger partial charge in [-0.25, -0.2) is 0 Å². The number of rotatable bonds is 2. The molecular formula is C19H19ClN2O3S. The number of anilines is 1. The largest absolute Gasteiger partial charge is 0.454 e. The number of hydrogen-bond acceptors (Lipinski definition) is 5. The Labute approximate surface area is 160 Å². The molecule has 0 spiro atoms. The van der Waals surface area contributed by atoms with Crippen molar-refractivity contribution in [1.82, 2.24) is 5.32 Å². The fraction of sp³-hybridized carbons (Fsp3) is 0.421. The van der Waals surface area contributed by atoms with Crippen molar-refractivity contribution in [1.29, 1.82) is 0 Å². The zero-order valence-electron chi connectivity index (χ0n) is 14.4. The summed E-state index contributed by atoms with van der Waals surface area (Å²) in [7, 11) is 0. The molecule has 0 fully saturated rings. The van der Waals surface area contributed by atoms with E-state index in [2.05, 4.69) is 17.6 Å². The van der Waals surface area contributed by atoms with E-state index in [4.69, 9.17) is 21.1 Å². The Morgan fingerprint density at radius 2 is 2.08 bits per heavy atom. The van der Waals surface area contributed by atoms with Gasteiger partial charge in [0.2, 0.25) is 6.79 Å². The fourth-order valence-electron chi connectivity index (χ4n) is 4.02. The van der Waals surface area contributed by atoms with Crippen molar-refractivity contribution in [3.05, 3.63) is 38.7 Å². The molecule has 2 atom stereocenters. The first kappa shape index (κ1) is 16.3. The number of amides is 1. The van der Waals surface area contributed by atoms with E-state index in [9.17, 15) is 4.79 Å². The highest BCUT2D eigenvalue weighted by atomic mass is 35.5. The third kappa shape index (κ3) is 2.47. The monoisotopic (exact) mass is 390 g/mol. The van der Waals surface area contributed by atoms with Crippen LogP contribution in [0.3, 0.4) is 0 Å². The lowest BCUT2D eigenvalue weighted by Crippen LogP contribution is -2.38. The SMILES string of the molecule is CC[C@H]1CCc2c(sc3c2C(=O)N[C@@H](c2cc4c(cc2Cl)OCO4)N3)C1. The van der Waals surface area contributed by atoms with Crippen LogP contribution in [0.15, 0.2) is 12.1 Å². The Hall–Kier alpha value is -1.92. The molecular weight excluding hydrogens is 372 g/mol. The molecule has 0 unspecified atom stereocenters. The summed E-state index contributed by atoms with van der Waals surface area (Å²) in [5.74, 6) is 2.00. The molecule has 3 heterocycles. The Bertz CT molecular complexity index is 911. The lowest BCUT2D eigenvalue weighted by atomic mass is 9.85. The van der Waals surface area contributed by atoms with Gasteiger partial charge in [0, 0.05) is 16.5 Å². The van der Waals surface area contributed by atoms with Crippen molar-refractivity contribution in [2.45, 2.75) is 38.8 Å². The predicted octanol–water partition coefficient (Wildman–Crippen LogP) is 4.50. The lowest BCUT2D eigenvalue weighted by molar-refractivity contribution is 0.0935. The molecule has 5 nitrogen and oxygen atoms in total. The number of ether oxygens (including phenoxy) is 2. The molecule has 0 bridgehead atoms. The summed E-state index contributed by atoms with van der Waals surface area (Å²) in [4.78, 5) is 14.2. The molecule has 0 saturated heterocycles. The summed E-state index contributed by atoms with van der Waals surface area (Å²) in [5, 5.41) is 8.03. The first-order chi connectivity index (χ1) is 12.6. The van der Waals surface area contributed by atoms with Crippen LogP contribution >= 0.6 is 22.9 Å². The molecule has 0 radical (unpaired) electrons. The molecule has 136 valence electrons. The number of carbonyl (C=O) groups is 1. The Morgan fingerprint density at radius 3 is 2.88 bits per heavy atom. The maximum Gasteiger partial charge on any atom is 0.256 e. The maximum atomic E-state index is 12.9. The maximum absolute atomic E-state index is 12.9. The molecule has 7 heteroatoms. The average Bonchev–Trinajstić information content (AvgIpc) is 3.23. The number of nitrogens with one attached hydrogen (secondary N) is 2. The first-order valence-corrected chi connectivity index (χ1v) is 10.1. The van der Waals surface area contributed by atoms with E-state index in [-0.39, 0.29) is 18.9 Å². The van der Waals surface area contributed by atoms with Crippen LogP contribution in [0.1, 0.15) is 52.3 Å². The van der Waals surface area contributed by atoms with Gasteiger partial charge in [-0.1, -0.05) is 24.9 Å². The fourth-order valence-corrected chi connectivity index (χ4v) is 5.67. The molecule has 1 amide bonds. The van der Waals surface area contributed by atoms with Gasteiger partial charge < -0.3 is 20.1 Å². The van der Waals surface area contributed by atoms with Crippen molar-refractivity contribution in [3.63, 3.8) is 0 Å². The number of hydrogen-bond donors (Lipinski definition) is 2. The van der Waals surface area contributed by atoms with Gasteiger partial charge in [0.15, 0.2) is 11.5 Å². The van der Waals surface area contributed by atoms with Gasteiger partial charge in [-0.2, -0.15) is 0 Å². The highest BCUT2D eigenvalue weighted by Crippen LogP contribution is 2.45. The minimum atomic E-state index is -0.376. The predicted molar refractivity (Wildman–Crippen MR) is 102 cm³/mol. The molecule has 2 aliphatic heterocycles. The Balaban J connectivity index is 1.50. The molecule has 0 saturated carbocycles. The third-order valence-electron chi connectivity index (χ3n) is 5.53. The van der Waals surface area contributed by atoms with E-state index in [1.807, 2.05) is 6.07 Å². The normalized spacial score (nSPS) is 23.1. The first-order valence-electron chi connectivity index (χ1n) is 8.95. The highest BCUT2D eigenvalue weighted by molar-refractivity contribution is 7.16. The quantitative estimate of drug-likeness (QED) is 0.792. The topological polar surface area (TPSA) is 59.6 Å². The molecule has 1 aromatic heterocycles. The number of benzene rings is 1. The highest BCUT2D eigenvalue weighted by Gasteiger charge is 2.34. The smallest absolute Gasteiger partial charge is 0.256 e. The summed E-state index contributed by atoms with van der Waals surface area (Å²) in [6, 6.07) is 3.59. The second-order valence-corrected chi connectivity index (χ2v) is 8.52. The number of thiophene rings is 1. The molecule has 5 rings (SSSR count). The van der Waals surface area contributed by atoms with Crippen molar-refractivity contribution in [3.8, 4) is 11.5 Å². The van der Waals surface area contributed by atoms with Crippen molar-refractivity contribution in [2.24, 2.45) is 5.92 Å². The second-order valence-electron chi connectivity index (χ2n) is 7.00. The van der Waals surface area contributed by atoms with Crippen LogP contribution in [-0.2, 0) is 12.8 Å². The van der Waals surface area contributed by atoms with Gasteiger partial charge in [-0.15, -0.1) is 11.3 Å². The molecule has 2 N–H and O–H groups in total. The summed E-state index contributed by atoms with van der Waals surface area (Å²) in [5.41, 5.74) is 2.84. The summed E-state index contributed by atoms with van der Waals surface area (Å²) < 4.78 is 10.8. The number of fused-ring (bicyclic) bond motifs is 4. The molecule has 1 aromatic carbocycles. The van der Waals surface area contributed by atoms with Crippen LogP contribution in [0.2, 0.25) is 5.02 Å². The minimum absolute atomic E-state index is 0.0232. The number of halogens is 1. The van der Waals surface area contributed by atoms with Gasteiger partial charge in [-0.05, 0) is 36.8 Å². The van der Waals surface area contributed by atoms with E-state index in [1.165, 1.54) is 16.9 Å². The van der Waals surface area contributed by atoms with Crippen LogP contribution in [0, 0.1) is 5.92 Å². The van der Waals surface area contributed by atoms with Crippen molar-refractivity contribution in [2.75, 3.05) is 12.1 Å². The van der Waals surface area contributed by atoms with Crippen molar-refractivity contribution < 1.29 is 14.3 Å². The zero-order chi connectivity index (χ0) is 17.8. The second kappa shape index (κ2) is 6.06. The summed E-state index contributed by atoms with van der Waals surface area (Å²) in [6.07, 6.45) is 4.05. The van der Waals surface area contributed by atoms with E-state index < -0.39 is 0 Å². The van der Waals surface area contributed by atoms with E-state index in [1.54, 1.807) is 17.4 Å². The van der Waals surface area contributed by atoms with Crippen molar-refractivity contribution >= 4 is 33.8 Å². The Kier molecular flexibility index (Phi) is 3.79. The van der Waals surface area contributed by atoms with E-state index in [0.717, 1.165) is 41.3 Å². The van der Waals surface area contributed by atoms with Gasteiger partial charge >= 0.3 is 0 Å². The Morgan fingerprint density at radius 1 is 1.27 bits per heavy atom. The number of carbonyl (C=O) groups excluding carboxylic acids is 1. The standard InChI is InChI=1S/C19H19ClN2O3S/c1-2-9-3-4-10-15(5-9)26-19-16(10)18(23)21-17(22-19)11-6-13-14(7-12(11)20)25-8-24-13/h6-7,9,17,22H,2-5,8H2,1H3,(H,21,23)/t9-,17+/m0/s1.